The van der Waals surface area contributed by atoms with Crippen LogP contribution in [-0.4, -0.2) is 110 Å². The van der Waals surface area contributed by atoms with Gasteiger partial charge in [0.25, 0.3) is 0 Å². The van der Waals surface area contributed by atoms with Gasteiger partial charge in [0.05, 0.1) is 73.2 Å². The van der Waals surface area contributed by atoms with Gasteiger partial charge in [0.1, 0.15) is 39.3 Å². The van der Waals surface area contributed by atoms with E-state index < -0.39 is 20.3 Å². The second kappa shape index (κ2) is 56.2. The Morgan fingerprint density at radius 1 is 0.411 bits per heavy atom. The van der Waals surface area contributed by atoms with Gasteiger partial charge in [0.2, 0.25) is 0 Å². The molecule has 0 aliphatic carbocycles. The molecule has 0 bridgehead atoms. The zero-order chi connectivity index (χ0) is 36.4. The summed E-state index contributed by atoms with van der Waals surface area (Å²) in [6, 6.07) is 21.3. The SMILES string of the molecule is O=[N+]([O-])[O-].O=[N+]([O-])[O-].O=[N+]([O-])[O-].O=[N+]([O-])[O-].[O-2].[O-2].[O-2].[O-2].[OH-].[OH-].[U].[U].c1ccc(C[NH+]2CCOCCOCC[NH+](Cc3ccccc3)CCOCCOCC2)cc1. The predicted octanol–water partition coefficient (Wildman–Crippen LogP) is -1.55. The normalized spacial score (nSPS) is 14.9. The van der Waals surface area contributed by atoms with Crippen molar-refractivity contribution >= 4 is 0 Å². The van der Waals surface area contributed by atoms with E-state index in [9.17, 15) is 0 Å². The molecule has 1 aliphatic rings. The van der Waals surface area contributed by atoms with Crippen LogP contribution in [0.15, 0.2) is 60.7 Å². The van der Waals surface area contributed by atoms with Gasteiger partial charge in [-0.2, -0.15) is 0 Å². The van der Waals surface area contributed by atoms with E-state index in [0.29, 0.717) is 26.4 Å². The van der Waals surface area contributed by atoms with Gasteiger partial charge in [-0.3, -0.25) is 0 Å². The van der Waals surface area contributed by atoms with E-state index >= 15 is 0 Å². The van der Waals surface area contributed by atoms with Crippen molar-refractivity contribution in [1.29, 1.82) is 0 Å². The van der Waals surface area contributed by atoms with E-state index in [1.807, 2.05) is 0 Å². The fourth-order valence-corrected chi connectivity index (χ4v) is 3.88. The summed E-state index contributed by atoms with van der Waals surface area (Å²) in [5, 5.41) is 59.0. The van der Waals surface area contributed by atoms with E-state index in [1.165, 1.54) is 20.9 Å². The second-order valence-corrected chi connectivity index (χ2v) is 9.17. The van der Waals surface area contributed by atoms with Gasteiger partial charge in [-0.1, -0.05) is 60.7 Å². The molecular weight excluding hydrogens is 1220 g/mol. The van der Waals surface area contributed by atoms with E-state index in [1.54, 1.807) is 0 Å². The van der Waals surface area contributed by atoms with Gasteiger partial charge in [0.15, 0.2) is 0 Å². The van der Waals surface area contributed by atoms with Crippen molar-refractivity contribution in [3.63, 3.8) is 0 Å². The standard InChI is InChI=1S/C26H38N2O4.4NO3.2H2O.4O.2U/c1-3-7-25(8-4-1)23-27-11-15-29-19-21-31-17-13-28(24-26-9-5-2-6-10-26)14-18-32-22-20-30-16-12-27;4*2-1(3)4;;;;;;;;/h1-10H,11-24H2;;;;;2*1H2;;;;;;/q;4*-1;;;4*-2;;. The molecule has 0 saturated carbocycles. The summed E-state index contributed by atoms with van der Waals surface area (Å²) in [5.74, 6) is 0. The molecule has 28 nitrogen and oxygen atoms in total. The molecule has 1 fully saturated rings. The Kier molecular flexibility index (Phi) is 77.7. The first kappa shape index (κ1) is 77.4. The molecule has 0 atom stereocenters. The first-order valence-electron chi connectivity index (χ1n) is 14.2. The van der Waals surface area contributed by atoms with Crippen molar-refractivity contribution in [2.75, 3.05) is 79.0 Å². The average Bonchev–Trinajstić information content (AvgIpc) is 2.99. The maximum absolute atomic E-state index is 8.25. The summed E-state index contributed by atoms with van der Waals surface area (Å²) in [6.07, 6.45) is 0. The summed E-state index contributed by atoms with van der Waals surface area (Å²) in [6.45, 7) is 11.3. The van der Waals surface area contributed by atoms with Crippen LogP contribution in [0, 0.1) is 124 Å². The topological polar surface area (TPSA) is 485 Å². The number of benzene rings is 2. The number of nitrogens with one attached hydrogen (secondary N) is 2. The van der Waals surface area contributed by atoms with Gasteiger partial charge in [0, 0.05) is 73.4 Å². The molecule has 0 spiro atoms. The first-order chi connectivity index (χ1) is 22.8. The van der Waals surface area contributed by atoms with Crippen LogP contribution in [-0.2, 0) is 53.9 Å². The number of hydrogen-bond donors (Lipinski definition) is 2. The fourth-order valence-electron chi connectivity index (χ4n) is 3.88. The molecule has 1 saturated heterocycles. The summed E-state index contributed by atoms with van der Waals surface area (Å²) in [4.78, 5) is 35.9. The molecule has 2 aromatic carbocycles. The van der Waals surface area contributed by atoms with Crippen LogP contribution in [0.25, 0.3) is 0 Å². The fraction of sp³-hybridized carbons (Fsp3) is 0.538. The molecule has 0 unspecified atom stereocenters. The third-order valence-corrected chi connectivity index (χ3v) is 5.74. The zero-order valence-electron chi connectivity index (χ0n) is 29.5. The first-order valence-corrected chi connectivity index (χ1v) is 14.2. The minimum Gasteiger partial charge on any atom is -2.00 e. The van der Waals surface area contributed by atoms with Crippen molar-refractivity contribution in [2.24, 2.45) is 0 Å². The molecule has 1 heterocycles. The molecule has 3 rings (SSSR count). The minimum atomic E-state index is -1.75. The van der Waals surface area contributed by atoms with Crippen LogP contribution in [0.4, 0.5) is 0 Å². The van der Waals surface area contributed by atoms with Crippen molar-refractivity contribution in [3.05, 3.63) is 133 Å². The van der Waals surface area contributed by atoms with Crippen LogP contribution < -0.4 is 9.80 Å². The van der Waals surface area contributed by atoms with Crippen LogP contribution in [0.2, 0.25) is 0 Å². The molecule has 4 N–H and O–H groups in total. The second-order valence-electron chi connectivity index (χ2n) is 9.17. The average molecular weight is 1270 g/mol. The number of nitrogens with zero attached hydrogens (tertiary/aromatic N) is 4. The number of hydrogen-bond acceptors (Lipinski definition) is 18. The number of quaternary nitrogens is 2. The largest absolute Gasteiger partial charge is 2.00 e. The molecule has 0 aromatic heterocycles. The van der Waals surface area contributed by atoms with E-state index in [4.69, 9.17) is 80.2 Å². The summed E-state index contributed by atoms with van der Waals surface area (Å²) < 4.78 is 23.4. The zero-order valence-corrected chi connectivity index (χ0v) is 37.8. The van der Waals surface area contributed by atoms with Crippen LogP contribution in [0.1, 0.15) is 11.1 Å². The third-order valence-electron chi connectivity index (χ3n) is 5.74. The van der Waals surface area contributed by atoms with Crippen LogP contribution in [0.5, 0.6) is 0 Å². The van der Waals surface area contributed by atoms with E-state index in [2.05, 4.69) is 60.7 Å². The minimum absolute atomic E-state index is 0. The predicted molar refractivity (Wildman–Crippen MR) is 173 cm³/mol. The Morgan fingerprint density at radius 3 is 0.768 bits per heavy atom. The van der Waals surface area contributed by atoms with Crippen molar-refractivity contribution < 1.29 is 144 Å². The van der Waals surface area contributed by atoms with Crippen molar-refractivity contribution in [2.45, 2.75) is 13.1 Å². The Bertz CT molecular complexity index is 966. The molecule has 30 heteroatoms. The third kappa shape index (κ3) is 68.8. The maximum atomic E-state index is 8.25. The van der Waals surface area contributed by atoms with Crippen molar-refractivity contribution in [1.82, 2.24) is 0 Å². The molecular formula is C26H42N6O22U2-12. The Hall–Kier alpha value is -3.14. The molecule has 0 amide bonds. The van der Waals surface area contributed by atoms with Crippen LogP contribution >= 0.6 is 0 Å². The molecule has 1 aliphatic heterocycles. The summed E-state index contributed by atoms with van der Waals surface area (Å²) in [5.41, 5.74) is 2.69. The molecule has 328 valence electrons. The van der Waals surface area contributed by atoms with Crippen LogP contribution in [0.3, 0.4) is 0 Å². The number of rotatable bonds is 4. The Labute approximate surface area is 367 Å². The van der Waals surface area contributed by atoms with Gasteiger partial charge in [-0.05, 0) is 0 Å². The monoisotopic (exact) mass is 1270 g/mol. The molecule has 56 heavy (non-hydrogen) atoms. The molecule has 2 aromatic rings. The number of ether oxygens (including phenoxy) is 4. The van der Waals surface area contributed by atoms with Gasteiger partial charge in [-0.25, -0.2) is 0 Å². The molecule has 0 radical (unpaired) electrons. The van der Waals surface area contributed by atoms with Crippen molar-refractivity contribution in [3.8, 4) is 0 Å². The van der Waals surface area contributed by atoms with Gasteiger partial charge in [-0.15, -0.1) is 0 Å². The smallest absolute Gasteiger partial charge is 0.103 e. The Balaban J connectivity index is -0.0000000947. The van der Waals surface area contributed by atoms with Gasteiger partial charge < -0.3 is 123 Å². The van der Waals surface area contributed by atoms with E-state index in [-0.39, 0.29) is 95.1 Å². The summed E-state index contributed by atoms with van der Waals surface area (Å²) in [7, 11) is 0. The quantitative estimate of drug-likeness (QED) is 0.258. The van der Waals surface area contributed by atoms with E-state index in [0.717, 1.165) is 65.7 Å². The Morgan fingerprint density at radius 2 is 0.589 bits per heavy atom. The maximum Gasteiger partial charge on any atom is 0.103 e. The summed E-state index contributed by atoms with van der Waals surface area (Å²) >= 11 is 0. The van der Waals surface area contributed by atoms with Gasteiger partial charge >= 0.3 is 0 Å².